The molecular formula is C25H21Cl2F3N2O. The Labute approximate surface area is 200 Å². The molecule has 33 heavy (non-hydrogen) atoms. The minimum atomic E-state index is -4.51. The molecule has 1 heterocycles. The maximum atomic E-state index is 13.7. The molecule has 172 valence electrons. The van der Waals surface area contributed by atoms with Crippen molar-refractivity contribution in [3.8, 4) is 0 Å². The lowest BCUT2D eigenvalue weighted by atomic mass is 9.95. The van der Waals surface area contributed by atoms with Gasteiger partial charge >= 0.3 is 6.18 Å². The van der Waals surface area contributed by atoms with E-state index < -0.39 is 12.1 Å². The lowest BCUT2D eigenvalue weighted by molar-refractivity contribution is -0.139. The van der Waals surface area contributed by atoms with E-state index in [1.165, 1.54) is 30.6 Å². The van der Waals surface area contributed by atoms with Crippen molar-refractivity contribution in [1.82, 2.24) is 9.97 Å². The molecule has 2 aromatic carbocycles. The van der Waals surface area contributed by atoms with E-state index in [4.69, 9.17) is 23.2 Å². The van der Waals surface area contributed by atoms with E-state index in [-0.39, 0.29) is 21.4 Å². The molecule has 0 spiro atoms. The third kappa shape index (κ3) is 7.14. The number of aryl methyl sites for hydroxylation is 2. The largest absolute Gasteiger partial charge is 0.399 e. The van der Waals surface area contributed by atoms with E-state index in [9.17, 15) is 18.0 Å². The van der Waals surface area contributed by atoms with Gasteiger partial charge in [-0.15, -0.1) is 0 Å². The van der Waals surface area contributed by atoms with Gasteiger partial charge in [0.15, 0.2) is 5.78 Å². The number of alkyl halides is 3. The lowest BCUT2D eigenvalue weighted by Gasteiger charge is -2.18. The van der Waals surface area contributed by atoms with Crippen molar-refractivity contribution < 1.29 is 18.0 Å². The van der Waals surface area contributed by atoms with Crippen LogP contribution in [0.5, 0.6) is 0 Å². The summed E-state index contributed by atoms with van der Waals surface area (Å²) in [5.74, 6) is -1.88. The van der Waals surface area contributed by atoms with Crippen LogP contribution in [0.4, 0.5) is 13.2 Å². The molecule has 0 radical (unpaired) electrons. The summed E-state index contributed by atoms with van der Waals surface area (Å²) < 4.78 is 41.0. The molecule has 1 unspecified atom stereocenters. The molecule has 3 nitrogen and oxygen atoms in total. The number of aromatic nitrogens is 2. The standard InChI is InChI=1S/C25H21Cl2F3N2O/c1-16-9-17(5-7-22(16)24(33)4-2-3-18-13-31-15-32-14-18)6-8-23(25(28,29)30)19-10-20(26)12-21(27)11-19/h5-15,23H,2-4H2,1H3/b8-6+. The van der Waals surface area contributed by atoms with Crippen LogP contribution in [0.2, 0.25) is 10.0 Å². The number of nitrogens with zero attached hydrogens (tertiary/aromatic N) is 2. The Morgan fingerprint density at radius 3 is 2.33 bits per heavy atom. The van der Waals surface area contributed by atoms with Gasteiger partial charge in [0.05, 0.1) is 5.92 Å². The minimum Gasteiger partial charge on any atom is -0.294 e. The summed E-state index contributed by atoms with van der Waals surface area (Å²) in [6, 6.07) is 8.89. The maximum absolute atomic E-state index is 13.7. The summed E-state index contributed by atoms with van der Waals surface area (Å²) in [5, 5.41) is 0.275. The van der Waals surface area contributed by atoms with Crippen molar-refractivity contribution in [2.24, 2.45) is 0 Å². The van der Waals surface area contributed by atoms with Crippen LogP contribution in [0.25, 0.3) is 6.08 Å². The zero-order valence-corrected chi connectivity index (χ0v) is 19.3. The Bertz CT molecular complexity index is 1130. The average molecular weight is 493 g/mol. The number of ketones is 1. The summed E-state index contributed by atoms with van der Waals surface area (Å²) in [6.07, 6.45) is 4.54. The van der Waals surface area contributed by atoms with Gasteiger partial charge in [0.1, 0.15) is 6.33 Å². The fourth-order valence-electron chi connectivity index (χ4n) is 3.52. The third-order valence-electron chi connectivity index (χ3n) is 5.11. The smallest absolute Gasteiger partial charge is 0.294 e. The fourth-order valence-corrected chi connectivity index (χ4v) is 4.06. The van der Waals surface area contributed by atoms with E-state index in [1.54, 1.807) is 37.5 Å². The van der Waals surface area contributed by atoms with Crippen LogP contribution in [0, 0.1) is 6.92 Å². The second kappa shape index (κ2) is 10.9. The number of hydrogen-bond acceptors (Lipinski definition) is 3. The first kappa shape index (κ1) is 24.9. The highest BCUT2D eigenvalue weighted by Crippen LogP contribution is 2.38. The highest BCUT2D eigenvalue weighted by molar-refractivity contribution is 6.34. The number of rotatable bonds is 8. The van der Waals surface area contributed by atoms with Gasteiger partial charge in [0, 0.05) is 34.4 Å². The van der Waals surface area contributed by atoms with E-state index >= 15 is 0 Å². The molecule has 0 saturated heterocycles. The molecule has 0 amide bonds. The van der Waals surface area contributed by atoms with E-state index in [2.05, 4.69) is 9.97 Å². The molecule has 3 aromatic rings. The van der Waals surface area contributed by atoms with Crippen molar-refractivity contribution in [2.75, 3.05) is 0 Å². The van der Waals surface area contributed by atoms with Crippen LogP contribution in [0.15, 0.2) is 61.2 Å². The van der Waals surface area contributed by atoms with Crippen molar-refractivity contribution in [2.45, 2.75) is 38.3 Å². The number of benzene rings is 2. The summed E-state index contributed by atoms with van der Waals surface area (Å²) in [7, 11) is 0. The van der Waals surface area contributed by atoms with Gasteiger partial charge in [-0.1, -0.05) is 53.6 Å². The normalized spacial score (nSPS) is 12.8. The number of Topliss-reactive ketones (excluding diaryl/α,β-unsaturated/α-hetero) is 1. The molecule has 0 aliphatic heterocycles. The van der Waals surface area contributed by atoms with Gasteiger partial charge in [-0.3, -0.25) is 4.79 Å². The molecule has 1 aromatic heterocycles. The molecule has 8 heteroatoms. The van der Waals surface area contributed by atoms with Crippen LogP contribution in [-0.2, 0) is 6.42 Å². The first-order chi connectivity index (χ1) is 15.6. The summed E-state index contributed by atoms with van der Waals surface area (Å²) >= 11 is 11.8. The van der Waals surface area contributed by atoms with Gasteiger partial charge in [0.2, 0.25) is 0 Å². The second-order valence-corrected chi connectivity index (χ2v) is 8.55. The lowest BCUT2D eigenvalue weighted by Crippen LogP contribution is -2.18. The zero-order chi connectivity index (χ0) is 24.0. The Morgan fingerprint density at radius 1 is 1.06 bits per heavy atom. The highest BCUT2D eigenvalue weighted by Gasteiger charge is 2.39. The molecule has 0 bridgehead atoms. The predicted octanol–water partition coefficient (Wildman–Crippen LogP) is 7.66. The fraction of sp³-hybridized carbons (Fsp3) is 0.240. The number of hydrogen-bond donors (Lipinski definition) is 0. The Morgan fingerprint density at radius 2 is 1.73 bits per heavy atom. The molecule has 0 fully saturated rings. The summed E-state index contributed by atoms with van der Waals surface area (Å²) in [5.41, 5.74) is 2.75. The zero-order valence-electron chi connectivity index (χ0n) is 17.7. The monoisotopic (exact) mass is 492 g/mol. The van der Waals surface area contributed by atoms with Crippen LogP contribution in [0.1, 0.15) is 51.4 Å². The van der Waals surface area contributed by atoms with Crippen LogP contribution < -0.4 is 0 Å². The molecule has 0 aliphatic carbocycles. The number of carbonyl (C=O) groups excluding carboxylic acids is 1. The predicted molar refractivity (Wildman–Crippen MR) is 125 cm³/mol. The van der Waals surface area contributed by atoms with Crippen LogP contribution in [-0.4, -0.2) is 21.9 Å². The topological polar surface area (TPSA) is 42.9 Å². The number of carbonyl (C=O) groups is 1. The summed E-state index contributed by atoms with van der Waals surface area (Å²) in [6.45, 7) is 1.77. The molecule has 0 aliphatic rings. The Kier molecular flexibility index (Phi) is 8.27. The van der Waals surface area contributed by atoms with Gasteiger partial charge in [-0.05, 0) is 60.2 Å². The van der Waals surface area contributed by atoms with Crippen molar-refractivity contribution in [3.05, 3.63) is 99.1 Å². The SMILES string of the molecule is Cc1cc(/C=C/C(c2cc(Cl)cc(Cl)c2)C(F)(F)F)ccc1C(=O)CCCc1cncnc1. The van der Waals surface area contributed by atoms with Gasteiger partial charge in [-0.25, -0.2) is 9.97 Å². The Balaban J connectivity index is 1.71. The van der Waals surface area contributed by atoms with Crippen molar-refractivity contribution in [3.63, 3.8) is 0 Å². The third-order valence-corrected chi connectivity index (χ3v) is 5.55. The van der Waals surface area contributed by atoms with Gasteiger partial charge in [0.25, 0.3) is 0 Å². The van der Waals surface area contributed by atoms with Crippen LogP contribution >= 0.6 is 23.2 Å². The number of halogens is 5. The van der Waals surface area contributed by atoms with Crippen LogP contribution in [0.3, 0.4) is 0 Å². The Hall–Kier alpha value is -2.70. The molecule has 1 atom stereocenters. The molecule has 3 rings (SSSR count). The maximum Gasteiger partial charge on any atom is 0.399 e. The molecule has 0 N–H and O–H groups in total. The first-order valence-electron chi connectivity index (χ1n) is 10.2. The molecule has 0 saturated carbocycles. The average Bonchev–Trinajstić information content (AvgIpc) is 2.73. The van der Waals surface area contributed by atoms with Gasteiger partial charge in [-0.2, -0.15) is 13.2 Å². The number of allylic oxidation sites excluding steroid dienone is 1. The second-order valence-electron chi connectivity index (χ2n) is 7.68. The highest BCUT2D eigenvalue weighted by atomic mass is 35.5. The summed E-state index contributed by atoms with van der Waals surface area (Å²) in [4.78, 5) is 20.5. The van der Waals surface area contributed by atoms with E-state index in [0.29, 0.717) is 36.0 Å². The van der Waals surface area contributed by atoms with Crippen molar-refractivity contribution >= 4 is 35.1 Å². The van der Waals surface area contributed by atoms with Gasteiger partial charge < -0.3 is 0 Å². The molecular weight excluding hydrogens is 472 g/mol. The van der Waals surface area contributed by atoms with Crippen molar-refractivity contribution in [1.29, 1.82) is 0 Å². The minimum absolute atomic E-state index is 0.0124. The first-order valence-corrected chi connectivity index (χ1v) is 11.0. The van der Waals surface area contributed by atoms with E-state index in [0.717, 1.165) is 11.6 Å². The quantitative estimate of drug-likeness (QED) is 0.303. The van der Waals surface area contributed by atoms with E-state index in [1.807, 2.05) is 0 Å².